The predicted octanol–water partition coefficient (Wildman–Crippen LogP) is 0.834. The third kappa shape index (κ3) is 19.7. The van der Waals surface area contributed by atoms with Gasteiger partial charge in [0, 0.05) is 58.9 Å². The molecule has 142 valence electrons. The molecule has 0 aliphatic rings. The zero-order chi connectivity index (χ0) is 22.1. The molecule has 0 heterocycles. The maximum absolute atomic E-state index is 11.4. The van der Waals surface area contributed by atoms with E-state index < -0.39 is 5.97 Å². The van der Waals surface area contributed by atoms with Gasteiger partial charge in [0.05, 0.1) is 20.0 Å². The van der Waals surface area contributed by atoms with Gasteiger partial charge in [-0.3, -0.25) is 9.59 Å². The van der Waals surface area contributed by atoms with Gasteiger partial charge < -0.3 is 9.47 Å². The molecule has 0 aromatic rings. The van der Waals surface area contributed by atoms with Gasteiger partial charge in [0.15, 0.2) is 0 Å². The van der Waals surface area contributed by atoms with Crippen molar-refractivity contribution in [2.45, 2.75) is 12.8 Å². The largest absolute Gasteiger partial charge is 0.469 e. The highest BCUT2D eigenvalue weighted by molar-refractivity contribution is 7.99. The van der Waals surface area contributed by atoms with E-state index in [0.717, 1.165) is 0 Å². The molecule has 0 N–H and O–H groups in total. The topological polar surface area (TPSA) is 52.6 Å². The van der Waals surface area contributed by atoms with Crippen molar-refractivity contribution >= 4 is 23.7 Å². The molecule has 0 spiro atoms. The minimum absolute atomic E-state index is 0.182. The van der Waals surface area contributed by atoms with E-state index in [1.807, 2.05) is 0 Å². The van der Waals surface area contributed by atoms with Crippen molar-refractivity contribution in [2.75, 3.05) is 18.6 Å². The number of ether oxygens (including phenoxy) is 2. The van der Waals surface area contributed by atoms with Crippen molar-refractivity contribution in [1.29, 1.82) is 0 Å². The third-order valence-electron chi connectivity index (χ3n) is 2.29. The maximum atomic E-state index is 11.4. The first-order chi connectivity index (χ1) is 14.7. The van der Waals surface area contributed by atoms with Crippen LogP contribution in [0.2, 0.25) is 0 Å². The number of terminal acetylenes is 1. The summed E-state index contributed by atoms with van der Waals surface area (Å²) < 4.78 is 9.18. The molecule has 4 nitrogen and oxygen atoms in total. The maximum Gasteiger partial charge on any atom is 0.320 e. The minimum atomic E-state index is -0.472. The Hall–Kier alpha value is -4.67. The van der Waals surface area contributed by atoms with Gasteiger partial charge in [-0.2, -0.15) is 11.8 Å². The van der Waals surface area contributed by atoms with Gasteiger partial charge in [0.2, 0.25) is 0 Å². The normalized spacial score (nSPS) is 6.27. The van der Waals surface area contributed by atoms with Crippen LogP contribution in [0.15, 0.2) is 0 Å². The van der Waals surface area contributed by atoms with Crippen LogP contribution in [0.25, 0.3) is 0 Å². The minimum Gasteiger partial charge on any atom is -0.469 e. The summed E-state index contributed by atoms with van der Waals surface area (Å²) in [6, 6.07) is 0. The van der Waals surface area contributed by atoms with Gasteiger partial charge in [0.25, 0.3) is 0 Å². The molecule has 0 unspecified atom stereocenters. The van der Waals surface area contributed by atoms with Crippen molar-refractivity contribution in [1.82, 2.24) is 0 Å². The van der Waals surface area contributed by atoms with Crippen LogP contribution in [0.3, 0.4) is 0 Å². The number of rotatable bonds is 6. The van der Waals surface area contributed by atoms with Gasteiger partial charge in [-0.05, 0) is 47.4 Å². The average Bonchev–Trinajstić information content (AvgIpc) is 2.75. The summed E-state index contributed by atoms with van der Waals surface area (Å²) in [6.07, 6.45) is 7.57. The van der Waals surface area contributed by atoms with Gasteiger partial charge in [-0.15, -0.1) is 6.42 Å². The molecule has 0 aliphatic heterocycles. The quantitative estimate of drug-likeness (QED) is 0.370. The van der Waals surface area contributed by atoms with Crippen LogP contribution in [0, 0.1) is 107 Å². The zero-order valence-electron chi connectivity index (χ0n) is 15.9. The predicted molar refractivity (Wildman–Crippen MR) is 116 cm³/mol. The zero-order valence-corrected chi connectivity index (χ0v) is 16.8. The summed E-state index contributed by atoms with van der Waals surface area (Å²) in [5, 5.41) is 0. The molecule has 0 saturated heterocycles. The molecule has 0 atom stereocenters. The number of carbonyl (C=O) groups excluding carboxylic acids is 2. The fourth-order valence-corrected chi connectivity index (χ4v) is 1.94. The molecule has 0 radical (unpaired) electrons. The van der Waals surface area contributed by atoms with E-state index in [1.165, 1.54) is 18.9 Å². The lowest BCUT2D eigenvalue weighted by Gasteiger charge is -1.99. The Morgan fingerprint density at radius 2 is 1.07 bits per heavy atom. The first-order valence-corrected chi connectivity index (χ1v) is 9.16. The Morgan fingerprint density at radius 1 is 0.667 bits per heavy atom. The summed E-state index contributed by atoms with van der Waals surface area (Å²) in [5.41, 5.74) is 0. The summed E-state index contributed by atoms with van der Waals surface area (Å²) in [6.45, 7) is 0. The molecule has 0 amide bonds. The lowest BCUT2D eigenvalue weighted by molar-refractivity contribution is -0.140. The monoisotopic (exact) mass is 408 g/mol. The van der Waals surface area contributed by atoms with Gasteiger partial charge in [0.1, 0.15) is 6.11 Å². The molecule has 0 aromatic carbocycles. The average molecular weight is 408 g/mol. The fourth-order valence-electron chi connectivity index (χ4n) is 1.12. The highest BCUT2D eigenvalue weighted by atomic mass is 32.2. The second-order valence-electron chi connectivity index (χ2n) is 4.28. The van der Waals surface area contributed by atoms with E-state index in [1.54, 1.807) is 0 Å². The lowest BCUT2D eigenvalue weighted by atomic mass is 10.5. The summed E-state index contributed by atoms with van der Waals surface area (Å²) in [4.78, 5) is 22.3. The smallest absolute Gasteiger partial charge is 0.320 e. The van der Waals surface area contributed by atoms with Crippen LogP contribution < -0.4 is 0 Å². The summed E-state index contributed by atoms with van der Waals surface area (Å²) in [7, 11) is 1.33. The molecule has 5 heteroatoms. The van der Waals surface area contributed by atoms with E-state index in [9.17, 15) is 9.59 Å². The Labute approximate surface area is 181 Å². The van der Waals surface area contributed by atoms with Crippen LogP contribution in [-0.4, -0.2) is 30.6 Å². The molecule has 0 aliphatic carbocycles. The van der Waals surface area contributed by atoms with Gasteiger partial charge in [-0.25, -0.2) is 0 Å². The van der Waals surface area contributed by atoms with Crippen molar-refractivity contribution in [2.24, 2.45) is 0 Å². The molecular formula is C25H12O4S. The number of hydrogen-bond donors (Lipinski definition) is 0. The van der Waals surface area contributed by atoms with E-state index in [2.05, 4.69) is 110 Å². The van der Waals surface area contributed by atoms with Crippen LogP contribution in [0.1, 0.15) is 12.8 Å². The number of carbonyl (C=O) groups is 2. The second-order valence-corrected chi connectivity index (χ2v) is 5.51. The SMILES string of the molecule is C#CC#CC#CC#CC#CC#CC#CC#CC#COC(=O)CCSCCC(=O)OC. The molecule has 0 aromatic heterocycles. The summed E-state index contributed by atoms with van der Waals surface area (Å²) >= 11 is 1.45. The molecule has 0 rings (SSSR count). The van der Waals surface area contributed by atoms with Crippen LogP contribution >= 0.6 is 11.8 Å². The Bertz CT molecular complexity index is 1170. The third-order valence-corrected chi connectivity index (χ3v) is 3.28. The van der Waals surface area contributed by atoms with Gasteiger partial charge >= 0.3 is 11.9 Å². The second kappa shape index (κ2) is 20.6. The van der Waals surface area contributed by atoms with E-state index in [4.69, 9.17) is 6.42 Å². The van der Waals surface area contributed by atoms with Crippen molar-refractivity contribution in [3.8, 4) is 107 Å². The number of methoxy groups -OCH3 is 1. The molecule has 0 bridgehead atoms. The van der Waals surface area contributed by atoms with Crippen molar-refractivity contribution in [3.05, 3.63) is 0 Å². The Kier molecular flexibility index (Phi) is 17.4. The standard InChI is InChI=1S/C25H12O4S/c1-3-4-5-6-7-8-9-10-11-12-13-14-15-16-17-18-21-29-25(27)20-23-30-22-19-24(26)28-2/h1H,19-20,22-23H2,2H3. The van der Waals surface area contributed by atoms with Crippen LogP contribution in [0.4, 0.5) is 0 Å². The lowest BCUT2D eigenvalue weighted by Crippen LogP contribution is -2.04. The highest BCUT2D eigenvalue weighted by Crippen LogP contribution is 2.05. The van der Waals surface area contributed by atoms with Crippen LogP contribution in [-0.2, 0) is 19.1 Å². The molecule has 30 heavy (non-hydrogen) atoms. The van der Waals surface area contributed by atoms with E-state index >= 15 is 0 Å². The van der Waals surface area contributed by atoms with E-state index in [-0.39, 0.29) is 12.4 Å². The molecular weight excluding hydrogens is 396 g/mol. The van der Waals surface area contributed by atoms with E-state index in [0.29, 0.717) is 17.9 Å². The first kappa shape index (κ1) is 25.3. The van der Waals surface area contributed by atoms with Crippen molar-refractivity contribution in [3.63, 3.8) is 0 Å². The molecule has 0 fully saturated rings. The highest BCUT2D eigenvalue weighted by Gasteiger charge is 2.03. The Balaban J connectivity index is 4.11. The number of thioether (sulfide) groups is 1. The Morgan fingerprint density at radius 3 is 1.50 bits per heavy atom. The number of esters is 2. The van der Waals surface area contributed by atoms with Crippen molar-refractivity contribution < 1.29 is 19.1 Å². The first-order valence-electron chi connectivity index (χ1n) is 8.00. The fraction of sp³-hybridized carbons (Fsp3) is 0.200. The van der Waals surface area contributed by atoms with Crippen LogP contribution in [0.5, 0.6) is 0 Å². The number of hydrogen-bond acceptors (Lipinski definition) is 5. The summed E-state index contributed by atoms with van der Waals surface area (Å²) in [5.74, 6) is 38.9. The van der Waals surface area contributed by atoms with Gasteiger partial charge in [-0.1, -0.05) is 0 Å². The molecule has 0 saturated carbocycles.